The lowest BCUT2D eigenvalue weighted by Gasteiger charge is -2.36. The van der Waals surface area contributed by atoms with Crippen LogP contribution in [0.4, 0.5) is 10.1 Å². The van der Waals surface area contributed by atoms with Crippen LogP contribution in [0, 0.1) is 12.7 Å². The number of benzene rings is 3. The van der Waals surface area contributed by atoms with Gasteiger partial charge in [-0.3, -0.25) is 4.79 Å². The van der Waals surface area contributed by atoms with E-state index in [4.69, 9.17) is 4.98 Å². The molecule has 0 radical (unpaired) electrons. The number of aromatic nitrogens is 1. The number of para-hydroxylation sites is 1. The van der Waals surface area contributed by atoms with Gasteiger partial charge in [-0.05, 0) is 42.8 Å². The Labute approximate surface area is 186 Å². The highest BCUT2D eigenvalue weighted by atomic mass is 19.1. The summed E-state index contributed by atoms with van der Waals surface area (Å²) >= 11 is 0. The summed E-state index contributed by atoms with van der Waals surface area (Å²) in [6.45, 7) is 4.69. The van der Waals surface area contributed by atoms with Gasteiger partial charge < -0.3 is 9.80 Å². The molecule has 0 unspecified atom stereocenters. The van der Waals surface area contributed by atoms with Crippen molar-refractivity contribution in [1.29, 1.82) is 0 Å². The van der Waals surface area contributed by atoms with Crippen molar-refractivity contribution in [3.8, 4) is 11.3 Å². The van der Waals surface area contributed by atoms with Crippen molar-refractivity contribution in [1.82, 2.24) is 9.88 Å². The summed E-state index contributed by atoms with van der Waals surface area (Å²) in [6.07, 6.45) is 0. The molecule has 4 nitrogen and oxygen atoms in total. The van der Waals surface area contributed by atoms with Gasteiger partial charge in [0.25, 0.3) is 5.91 Å². The van der Waals surface area contributed by atoms with Gasteiger partial charge in [-0.1, -0.05) is 48.5 Å². The van der Waals surface area contributed by atoms with Gasteiger partial charge >= 0.3 is 0 Å². The molecule has 3 aromatic carbocycles. The van der Waals surface area contributed by atoms with Crippen molar-refractivity contribution in [3.63, 3.8) is 0 Å². The molecule has 4 aromatic rings. The van der Waals surface area contributed by atoms with E-state index >= 15 is 0 Å². The van der Waals surface area contributed by atoms with Crippen LogP contribution < -0.4 is 4.90 Å². The van der Waals surface area contributed by atoms with Crippen LogP contribution in [-0.2, 0) is 0 Å². The first-order chi connectivity index (χ1) is 15.6. The van der Waals surface area contributed by atoms with E-state index in [1.54, 1.807) is 12.1 Å². The molecule has 0 spiro atoms. The van der Waals surface area contributed by atoms with Gasteiger partial charge in [-0.15, -0.1) is 0 Å². The fourth-order valence-electron chi connectivity index (χ4n) is 4.32. The molecule has 5 heteroatoms. The van der Waals surface area contributed by atoms with Gasteiger partial charge in [0.2, 0.25) is 0 Å². The van der Waals surface area contributed by atoms with E-state index in [2.05, 4.69) is 4.90 Å². The molecule has 1 aliphatic rings. The van der Waals surface area contributed by atoms with E-state index < -0.39 is 0 Å². The Morgan fingerprint density at radius 3 is 2.31 bits per heavy atom. The zero-order valence-corrected chi connectivity index (χ0v) is 18.0. The van der Waals surface area contributed by atoms with Crippen molar-refractivity contribution in [3.05, 3.63) is 95.8 Å². The van der Waals surface area contributed by atoms with Crippen molar-refractivity contribution in [2.45, 2.75) is 6.92 Å². The standard InChI is InChI=1S/C27H24FN3O/c1-19-6-5-9-23-24(18-25(29-26(19)23)20-7-3-2-4-8-20)27(32)31-16-14-30(15-17-31)22-12-10-21(28)11-13-22/h2-13,18H,14-17H2,1H3. The fourth-order valence-corrected chi connectivity index (χ4v) is 4.32. The molecule has 0 saturated carbocycles. The molecule has 0 aliphatic carbocycles. The number of halogens is 1. The van der Waals surface area contributed by atoms with E-state index in [1.807, 2.05) is 66.4 Å². The third-order valence-corrected chi connectivity index (χ3v) is 6.10. The SMILES string of the molecule is Cc1cccc2c(C(=O)N3CCN(c4ccc(F)cc4)CC3)cc(-c3ccccc3)nc12. The lowest BCUT2D eigenvalue weighted by molar-refractivity contribution is 0.0748. The van der Waals surface area contributed by atoms with Crippen LogP contribution in [-0.4, -0.2) is 42.0 Å². The summed E-state index contributed by atoms with van der Waals surface area (Å²) in [7, 11) is 0. The van der Waals surface area contributed by atoms with Crippen molar-refractivity contribution in [2.75, 3.05) is 31.1 Å². The molecule has 1 amide bonds. The topological polar surface area (TPSA) is 36.4 Å². The number of fused-ring (bicyclic) bond motifs is 1. The van der Waals surface area contributed by atoms with Crippen LogP contribution in [0.2, 0.25) is 0 Å². The minimum atomic E-state index is -0.239. The smallest absolute Gasteiger partial charge is 0.254 e. The largest absolute Gasteiger partial charge is 0.368 e. The number of pyridine rings is 1. The average Bonchev–Trinajstić information content (AvgIpc) is 2.84. The number of carbonyl (C=O) groups excluding carboxylic acids is 1. The Balaban J connectivity index is 1.46. The first-order valence-corrected chi connectivity index (χ1v) is 10.9. The van der Waals surface area contributed by atoms with Gasteiger partial charge in [-0.2, -0.15) is 0 Å². The van der Waals surface area contributed by atoms with Crippen LogP contribution in [0.1, 0.15) is 15.9 Å². The van der Waals surface area contributed by atoms with E-state index in [1.165, 1.54) is 12.1 Å². The molecule has 32 heavy (non-hydrogen) atoms. The number of nitrogens with zero attached hydrogens (tertiary/aromatic N) is 3. The summed E-state index contributed by atoms with van der Waals surface area (Å²) in [5.41, 5.74) is 5.38. The molecular formula is C27H24FN3O. The lowest BCUT2D eigenvalue weighted by Crippen LogP contribution is -2.48. The number of carbonyl (C=O) groups is 1. The number of rotatable bonds is 3. The number of amides is 1. The quantitative estimate of drug-likeness (QED) is 0.446. The predicted molar refractivity (Wildman–Crippen MR) is 126 cm³/mol. The van der Waals surface area contributed by atoms with Gasteiger partial charge in [0, 0.05) is 42.8 Å². The summed E-state index contributed by atoms with van der Waals surface area (Å²) in [4.78, 5) is 22.6. The molecule has 2 heterocycles. The summed E-state index contributed by atoms with van der Waals surface area (Å²) < 4.78 is 13.2. The Morgan fingerprint density at radius 1 is 0.875 bits per heavy atom. The van der Waals surface area contributed by atoms with Crippen molar-refractivity contribution in [2.24, 2.45) is 0 Å². The molecule has 160 valence electrons. The number of aryl methyl sites for hydroxylation is 1. The normalized spacial score (nSPS) is 14.1. The van der Waals surface area contributed by atoms with E-state index in [-0.39, 0.29) is 11.7 Å². The van der Waals surface area contributed by atoms with Crippen molar-refractivity contribution >= 4 is 22.5 Å². The van der Waals surface area contributed by atoms with Crippen LogP contribution in [0.5, 0.6) is 0 Å². The van der Waals surface area contributed by atoms with Crippen molar-refractivity contribution < 1.29 is 9.18 Å². The minimum Gasteiger partial charge on any atom is -0.368 e. The second-order valence-corrected chi connectivity index (χ2v) is 8.15. The molecule has 1 aliphatic heterocycles. The maximum absolute atomic E-state index is 13.6. The third-order valence-electron chi connectivity index (χ3n) is 6.10. The molecule has 0 N–H and O–H groups in total. The maximum atomic E-state index is 13.6. The Hall–Kier alpha value is -3.73. The Kier molecular flexibility index (Phi) is 5.31. The summed E-state index contributed by atoms with van der Waals surface area (Å²) in [6, 6.07) is 24.4. The monoisotopic (exact) mass is 425 g/mol. The maximum Gasteiger partial charge on any atom is 0.254 e. The van der Waals surface area contributed by atoms with Crippen LogP contribution in [0.25, 0.3) is 22.2 Å². The molecule has 1 saturated heterocycles. The van der Waals surface area contributed by atoms with Gasteiger partial charge in [0.15, 0.2) is 0 Å². The highest BCUT2D eigenvalue weighted by molar-refractivity contribution is 6.07. The molecule has 0 atom stereocenters. The molecule has 5 rings (SSSR count). The van der Waals surface area contributed by atoms with Gasteiger partial charge in [0.05, 0.1) is 16.8 Å². The second-order valence-electron chi connectivity index (χ2n) is 8.15. The zero-order chi connectivity index (χ0) is 22.1. The highest BCUT2D eigenvalue weighted by Crippen LogP contribution is 2.28. The number of anilines is 1. The van der Waals surface area contributed by atoms with Crippen LogP contribution in [0.3, 0.4) is 0 Å². The lowest BCUT2D eigenvalue weighted by atomic mass is 10.0. The first-order valence-electron chi connectivity index (χ1n) is 10.9. The molecule has 0 bridgehead atoms. The molecule has 1 aromatic heterocycles. The van der Waals surface area contributed by atoms with Gasteiger partial charge in [0.1, 0.15) is 5.82 Å². The molecular weight excluding hydrogens is 401 g/mol. The number of hydrogen-bond donors (Lipinski definition) is 0. The highest BCUT2D eigenvalue weighted by Gasteiger charge is 2.25. The van der Waals surface area contributed by atoms with Crippen LogP contribution in [0.15, 0.2) is 78.9 Å². The summed E-state index contributed by atoms with van der Waals surface area (Å²) in [5.74, 6) is -0.212. The van der Waals surface area contributed by atoms with E-state index in [0.717, 1.165) is 33.4 Å². The predicted octanol–water partition coefficient (Wildman–Crippen LogP) is 5.31. The van der Waals surface area contributed by atoms with E-state index in [9.17, 15) is 9.18 Å². The number of piperazine rings is 1. The van der Waals surface area contributed by atoms with E-state index in [0.29, 0.717) is 31.7 Å². The second kappa shape index (κ2) is 8.42. The van der Waals surface area contributed by atoms with Gasteiger partial charge in [-0.25, -0.2) is 9.37 Å². The summed E-state index contributed by atoms with van der Waals surface area (Å²) in [5, 5.41) is 0.885. The minimum absolute atomic E-state index is 0.0268. The average molecular weight is 426 g/mol. The van der Waals surface area contributed by atoms with Crippen LogP contribution >= 0.6 is 0 Å². The number of hydrogen-bond acceptors (Lipinski definition) is 3. The third kappa shape index (κ3) is 3.82. The first kappa shape index (κ1) is 20.2. The Morgan fingerprint density at radius 2 is 1.59 bits per heavy atom. The fraction of sp³-hybridized carbons (Fsp3) is 0.185. The zero-order valence-electron chi connectivity index (χ0n) is 18.0. The Bertz CT molecular complexity index is 1260. The molecule has 1 fully saturated rings.